The number of aliphatic hydroxyl groups is 1. The van der Waals surface area contributed by atoms with Crippen molar-refractivity contribution in [2.75, 3.05) is 19.7 Å². The molecule has 2 fully saturated rings. The van der Waals surface area contributed by atoms with Crippen molar-refractivity contribution in [1.29, 1.82) is 0 Å². The predicted octanol–water partition coefficient (Wildman–Crippen LogP) is 0.584. The van der Waals surface area contributed by atoms with Crippen LogP contribution in [0.4, 0.5) is 0 Å². The monoisotopic (exact) mass is 198 g/mol. The summed E-state index contributed by atoms with van der Waals surface area (Å²) < 4.78 is 0. The molecule has 1 aliphatic carbocycles. The Morgan fingerprint density at radius 1 is 1.36 bits per heavy atom. The number of rotatable bonds is 3. The zero-order valence-electron chi connectivity index (χ0n) is 9.08. The van der Waals surface area contributed by atoms with E-state index in [1.165, 1.54) is 25.8 Å². The van der Waals surface area contributed by atoms with Gasteiger partial charge < -0.3 is 10.4 Å². The average Bonchev–Trinajstić information content (AvgIpc) is 2.96. The van der Waals surface area contributed by atoms with Gasteiger partial charge in [0.15, 0.2) is 0 Å². The summed E-state index contributed by atoms with van der Waals surface area (Å²) in [6.07, 6.45) is 4.92. The lowest BCUT2D eigenvalue weighted by Gasteiger charge is -2.29. The molecule has 0 aromatic carbocycles. The van der Waals surface area contributed by atoms with Crippen molar-refractivity contribution >= 4 is 0 Å². The van der Waals surface area contributed by atoms with Crippen LogP contribution in [0.15, 0.2) is 0 Å². The molecule has 2 N–H and O–H groups in total. The maximum absolute atomic E-state index is 9.04. The van der Waals surface area contributed by atoms with Gasteiger partial charge in [0.2, 0.25) is 0 Å². The van der Waals surface area contributed by atoms with Crippen molar-refractivity contribution in [3.63, 3.8) is 0 Å². The molecule has 0 aromatic heterocycles. The van der Waals surface area contributed by atoms with Gasteiger partial charge in [0.05, 0.1) is 0 Å². The van der Waals surface area contributed by atoms with Crippen molar-refractivity contribution in [3.05, 3.63) is 0 Å². The van der Waals surface area contributed by atoms with Gasteiger partial charge in [-0.3, -0.25) is 4.90 Å². The molecule has 2 atom stereocenters. The molecule has 3 nitrogen and oxygen atoms in total. The van der Waals surface area contributed by atoms with Crippen LogP contribution in [0.1, 0.15) is 32.6 Å². The number of hydrogen-bond acceptors (Lipinski definition) is 3. The summed E-state index contributed by atoms with van der Waals surface area (Å²) in [7, 11) is 0. The first-order valence-electron chi connectivity index (χ1n) is 5.91. The first-order valence-corrected chi connectivity index (χ1v) is 5.91. The molecule has 2 aliphatic rings. The van der Waals surface area contributed by atoms with Gasteiger partial charge in [-0.05, 0) is 32.6 Å². The van der Waals surface area contributed by atoms with E-state index in [4.69, 9.17) is 5.11 Å². The minimum atomic E-state index is 0.323. The molecule has 14 heavy (non-hydrogen) atoms. The highest BCUT2D eigenvalue weighted by molar-refractivity contribution is 4.91. The van der Waals surface area contributed by atoms with Gasteiger partial charge in [-0.2, -0.15) is 0 Å². The lowest BCUT2D eigenvalue weighted by atomic mass is 10.2. The number of nitrogens with one attached hydrogen (secondary N) is 1. The lowest BCUT2D eigenvalue weighted by molar-refractivity contribution is 0.158. The Labute approximate surface area is 86.5 Å². The highest BCUT2D eigenvalue weighted by atomic mass is 16.3. The molecule has 82 valence electrons. The van der Waals surface area contributed by atoms with Crippen LogP contribution in [0.5, 0.6) is 0 Å². The maximum atomic E-state index is 9.04. The van der Waals surface area contributed by atoms with Crippen LogP contribution in [-0.4, -0.2) is 47.8 Å². The van der Waals surface area contributed by atoms with Crippen molar-refractivity contribution in [2.45, 2.75) is 50.7 Å². The molecule has 0 radical (unpaired) electrons. The third-order valence-corrected chi connectivity index (χ3v) is 3.47. The van der Waals surface area contributed by atoms with Gasteiger partial charge in [0.25, 0.3) is 0 Å². The molecule has 0 spiro atoms. The van der Waals surface area contributed by atoms with Crippen LogP contribution >= 0.6 is 0 Å². The highest BCUT2D eigenvalue weighted by Gasteiger charge is 2.34. The van der Waals surface area contributed by atoms with Crippen molar-refractivity contribution < 1.29 is 5.11 Å². The summed E-state index contributed by atoms with van der Waals surface area (Å²) >= 11 is 0. The van der Waals surface area contributed by atoms with Gasteiger partial charge in [0, 0.05) is 37.8 Å². The fraction of sp³-hybridized carbons (Fsp3) is 1.00. The molecule has 1 saturated carbocycles. The molecule has 0 amide bonds. The third-order valence-electron chi connectivity index (χ3n) is 3.47. The molecule has 1 aliphatic heterocycles. The Balaban J connectivity index is 1.93. The average molecular weight is 198 g/mol. The van der Waals surface area contributed by atoms with E-state index in [0.29, 0.717) is 18.7 Å². The predicted molar refractivity (Wildman–Crippen MR) is 57.3 cm³/mol. The van der Waals surface area contributed by atoms with Crippen LogP contribution in [0, 0.1) is 0 Å². The molecular weight excluding hydrogens is 176 g/mol. The lowest BCUT2D eigenvalue weighted by Crippen LogP contribution is -2.42. The largest absolute Gasteiger partial charge is 0.396 e. The van der Waals surface area contributed by atoms with E-state index in [2.05, 4.69) is 17.1 Å². The van der Waals surface area contributed by atoms with Crippen LogP contribution in [0.25, 0.3) is 0 Å². The molecule has 2 rings (SSSR count). The first kappa shape index (κ1) is 10.4. The van der Waals surface area contributed by atoms with Crippen molar-refractivity contribution in [3.8, 4) is 0 Å². The molecule has 1 saturated heterocycles. The molecular formula is C11H22N2O. The summed E-state index contributed by atoms with van der Waals surface area (Å²) in [4.78, 5) is 2.62. The van der Waals surface area contributed by atoms with Crippen LogP contribution in [0.2, 0.25) is 0 Å². The highest BCUT2D eigenvalue weighted by Crippen LogP contribution is 2.30. The van der Waals surface area contributed by atoms with Crippen molar-refractivity contribution in [1.82, 2.24) is 10.2 Å². The SMILES string of the molecule is CC1CCN(C2CC2)C(CCO)CN1. The van der Waals surface area contributed by atoms with E-state index in [-0.39, 0.29) is 0 Å². The number of hydrogen-bond donors (Lipinski definition) is 2. The Kier molecular flexibility index (Phi) is 3.42. The van der Waals surface area contributed by atoms with Crippen molar-refractivity contribution in [2.24, 2.45) is 0 Å². The third kappa shape index (κ3) is 2.47. The van der Waals surface area contributed by atoms with E-state index >= 15 is 0 Å². The Morgan fingerprint density at radius 3 is 2.79 bits per heavy atom. The number of nitrogens with zero attached hydrogens (tertiary/aromatic N) is 1. The van der Waals surface area contributed by atoms with Gasteiger partial charge >= 0.3 is 0 Å². The number of aliphatic hydroxyl groups excluding tert-OH is 1. The van der Waals surface area contributed by atoms with Gasteiger partial charge in [0.1, 0.15) is 0 Å². The molecule has 3 heteroatoms. The molecule has 1 heterocycles. The Hall–Kier alpha value is -0.120. The van der Waals surface area contributed by atoms with E-state index in [9.17, 15) is 0 Å². The normalized spacial score (nSPS) is 35.6. The zero-order valence-corrected chi connectivity index (χ0v) is 9.08. The summed E-state index contributed by atoms with van der Waals surface area (Å²) in [5, 5.41) is 12.6. The van der Waals surface area contributed by atoms with Crippen LogP contribution in [-0.2, 0) is 0 Å². The van der Waals surface area contributed by atoms with Gasteiger partial charge in [-0.25, -0.2) is 0 Å². The second-order valence-electron chi connectivity index (χ2n) is 4.73. The smallest absolute Gasteiger partial charge is 0.0446 e. The van der Waals surface area contributed by atoms with Crippen LogP contribution in [0.3, 0.4) is 0 Å². The first-order chi connectivity index (χ1) is 6.81. The van der Waals surface area contributed by atoms with Gasteiger partial charge in [-0.15, -0.1) is 0 Å². The van der Waals surface area contributed by atoms with E-state index in [1.54, 1.807) is 0 Å². The fourth-order valence-corrected chi connectivity index (χ4v) is 2.39. The molecule has 0 bridgehead atoms. The van der Waals surface area contributed by atoms with E-state index in [0.717, 1.165) is 19.0 Å². The van der Waals surface area contributed by atoms with Crippen LogP contribution < -0.4 is 5.32 Å². The summed E-state index contributed by atoms with van der Waals surface area (Å²) in [6.45, 7) is 4.85. The maximum Gasteiger partial charge on any atom is 0.0446 e. The topological polar surface area (TPSA) is 35.5 Å². The van der Waals surface area contributed by atoms with E-state index < -0.39 is 0 Å². The Bertz CT molecular complexity index is 182. The summed E-state index contributed by atoms with van der Waals surface area (Å²) in [5.74, 6) is 0. The quantitative estimate of drug-likeness (QED) is 0.696. The standard InChI is InChI=1S/C11H22N2O/c1-9-4-6-13(10-2-3-10)11(5-7-14)8-12-9/h9-12,14H,2-8H2,1H3. The Morgan fingerprint density at radius 2 is 2.14 bits per heavy atom. The molecule has 2 unspecified atom stereocenters. The zero-order chi connectivity index (χ0) is 9.97. The van der Waals surface area contributed by atoms with E-state index in [1.807, 2.05) is 0 Å². The fourth-order valence-electron chi connectivity index (χ4n) is 2.39. The second kappa shape index (κ2) is 4.60. The molecule has 0 aromatic rings. The second-order valence-corrected chi connectivity index (χ2v) is 4.73. The van der Waals surface area contributed by atoms with Gasteiger partial charge in [-0.1, -0.05) is 0 Å². The summed E-state index contributed by atoms with van der Waals surface area (Å²) in [5.41, 5.74) is 0. The minimum Gasteiger partial charge on any atom is -0.396 e. The minimum absolute atomic E-state index is 0.323. The summed E-state index contributed by atoms with van der Waals surface area (Å²) in [6, 6.07) is 2.04.